The third-order valence-corrected chi connectivity index (χ3v) is 2.35. The zero-order valence-corrected chi connectivity index (χ0v) is 9.94. The van der Waals surface area contributed by atoms with Crippen molar-refractivity contribution in [3.8, 4) is 0 Å². The molecule has 1 aromatic carbocycles. The molecule has 0 saturated heterocycles. The van der Waals surface area contributed by atoms with Crippen LogP contribution in [0.3, 0.4) is 0 Å². The number of hydrogen-bond acceptors (Lipinski definition) is 1. The van der Waals surface area contributed by atoms with Gasteiger partial charge in [-0.25, -0.2) is 4.39 Å². The molecule has 0 bridgehead atoms. The minimum atomic E-state index is -4.36. The Morgan fingerprint density at radius 1 is 1.39 bits per heavy atom. The number of benzene rings is 1. The molecule has 2 nitrogen and oxygen atoms in total. The number of nitrogens with one attached hydrogen (secondary N) is 1. The highest BCUT2D eigenvalue weighted by atomic mass is 19.4. The summed E-state index contributed by atoms with van der Waals surface area (Å²) in [6, 6.07) is 3.09. The Kier molecular flexibility index (Phi) is 4.32. The van der Waals surface area contributed by atoms with Crippen LogP contribution in [0.15, 0.2) is 18.2 Å². The van der Waals surface area contributed by atoms with Crippen molar-refractivity contribution in [2.24, 2.45) is 0 Å². The highest BCUT2D eigenvalue weighted by Crippen LogP contribution is 2.21. The molecule has 0 spiro atoms. The molecule has 0 aliphatic heterocycles. The SMILES string of the molecule is Cc1cccc(C(=O)NC(C)CC(F)(F)F)c1F. The van der Waals surface area contributed by atoms with E-state index in [-0.39, 0.29) is 11.1 Å². The van der Waals surface area contributed by atoms with Gasteiger partial charge in [0.15, 0.2) is 0 Å². The predicted molar refractivity (Wildman–Crippen MR) is 58.7 cm³/mol. The minimum absolute atomic E-state index is 0.246. The Hall–Kier alpha value is -1.59. The number of hydrogen-bond donors (Lipinski definition) is 1. The summed E-state index contributed by atoms with van der Waals surface area (Å²) < 4.78 is 49.8. The number of carbonyl (C=O) groups is 1. The van der Waals surface area contributed by atoms with E-state index in [1.54, 1.807) is 0 Å². The Labute approximate surface area is 102 Å². The van der Waals surface area contributed by atoms with E-state index in [0.717, 1.165) is 0 Å². The van der Waals surface area contributed by atoms with Gasteiger partial charge in [-0.2, -0.15) is 13.2 Å². The smallest absolute Gasteiger partial charge is 0.349 e. The number of rotatable bonds is 3. The molecule has 18 heavy (non-hydrogen) atoms. The molecular formula is C12H13F4NO. The maximum atomic E-state index is 13.6. The summed E-state index contributed by atoms with van der Waals surface area (Å²) in [6.07, 6.45) is -5.51. The van der Waals surface area contributed by atoms with Crippen LogP contribution in [0.4, 0.5) is 17.6 Å². The van der Waals surface area contributed by atoms with Crippen LogP contribution in [0.1, 0.15) is 29.3 Å². The van der Waals surface area contributed by atoms with E-state index >= 15 is 0 Å². The Morgan fingerprint density at radius 3 is 2.56 bits per heavy atom. The highest BCUT2D eigenvalue weighted by Gasteiger charge is 2.30. The van der Waals surface area contributed by atoms with E-state index < -0.39 is 30.4 Å². The number of halogens is 4. The van der Waals surface area contributed by atoms with Crippen molar-refractivity contribution in [2.45, 2.75) is 32.5 Å². The Bertz CT molecular complexity index is 442. The van der Waals surface area contributed by atoms with Crippen molar-refractivity contribution < 1.29 is 22.4 Å². The first-order chi connectivity index (χ1) is 8.20. The van der Waals surface area contributed by atoms with Crippen LogP contribution >= 0.6 is 0 Å². The first-order valence-corrected chi connectivity index (χ1v) is 5.33. The molecule has 1 N–H and O–H groups in total. The average Bonchev–Trinajstić information content (AvgIpc) is 2.18. The van der Waals surface area contributed by atoms with Gasteiger partial charge in [-0.15, -0.1) is 0 Å². The second-order valence-corrected chi connectivity index (χ2v) is 4.13. The minimum Gasteiger partial charge on any atom is -0.349 e. The summed E-state index contributed by atoms with van der Waals surface area (Å²) >= 11 is 0. The van der Waals surface area contributed by atoms with Gasteiger partial charge in [-0.1, -0.05) is 12.1 Å². The van der Waals surface area contributed by atoms with Crippen LogP contribution in [-0.2, 0) is 0 Å². The molecular weight excluding hydrogens is 250 g/mol. The fourth-order valence-electron chi connectivity index (χ4n) is 1.52. The van der Waals surface area contributed by atoms with Gasteiger partial charge in [-0.05, 0) is 25.5 Å². The molecule has 0 aromatic heterocycles. The fraction of sp³-hybridized carbons (Fsp3) is 0.417. The van der Waals surface area contributed by atoms with Crippen LogP contribution in [-0.4, -0.2) is 18.1 Å². The van der Waals surface area contributed by atoms with Gasteiger partial charge in [-0.3, -0.25) is 4.79 Å². The van der Waals surface area contributed by atoms with Crippen LogP contribution in [0, 0.1) is 12.7 Å². The Morgan fingerprint density at radius 2 is 2.00 bits per heavy atom. The predicted octanol–water partition coefficient (Wildman–Crippen LogP) is 3.20. The quantitative estimate of drug-likeness (QED) is 0.834. The summed E-state index contributed by atoms with van der Waals surface area (Å²) in [4.78, 5) is 11.6. The Balaban J connectivity index is 2.74. The van der Waals surface area contributed by atoms with Gasteiger partial charge in [0.25, 0.3) is 5.91 Å². The molecule has 1 amide bonds. The molecule has 1 atom stereocenters. The second-order valence-electron chi connectivity index (χ2n) is 4.13. The topological polar surface area (TPSA) is 29.1 Å². The van der Waals surface area contributed by atoms with E-state index in [0.29, 0.717) is 0 Å². The van der Waals surface area contributed by atoms with Crippen LogP contribution in [0.25, 0.3) is 0 Å². The van der Waals surface area contributed by atoms with Crippen molar-refractivity contribution in [1.29, 1.82) is 0 Å². The molecule has 1 aromatic rings. The summed E-state index contributed by atoms with van der Waals surface area (Å²) in [5.41, 5.74) is 0.0233. The maximum absolute atomic E-state index is 13.6. The molecule has 6 heteroatoms. The lowest BCUT2D eigenvalue weighted by Crippen LogP contribution is -2.36. The molecule has 0 heterocycles. The lowest BCUT2D eigenvalue weighted by atomic mass is 10.1. The lowest BCUT2D eigenvalue weighted by Gasteiger charge is -2.16. The van der Waals surface area contributed by atoms with Gasteiger partial charge in [0.2, 0.25) is 0 Å². The first kappa shape index (κ1) is 14.5. The van der Waals surface area contributed by atoms with Crippen molar-refractivity contribution in [3.63, 3.8) is 0 Å². The monoisotopic (exact) mass is 263 g/mol. The molecule has 0 aliphatic rings. The van der Waals surface area contributed by atoms with Gasteiger partial charge in [0.05, 0.1) is 12.0 Å². The van der Waals surface area contributed by atoms with E-state index in [2.05, 4.69) is 5.32 Å². The molecule has 0 radical (unpaired) electrons. The van der Waals surface area contributed by atoms with Gasteiger partial charge < -0.3 is 5.32 Å². The number of amides is 1. The molecule has 0 aliphatic carbocycles. The van der Waals surface area contributed by atoms with Crippen LogP contribution < -0.4 is 5.32 Å². The highest BCUT2D eigenvalue weighted by molar-refractivity contribution is 5.94. The van der Waals surface area contributed by atoms with Crippen LogP contribution in [0.5, 0.6) is 0 Å². The number of carbonyl (C=O) groups excluding carboxylic acids is 1. The maximum Gasteiger partial charge on any atom is 0.391 e. The molecule has 1 unspecified atom stereocenters. The number of aryl methyl sites for hydroxylation is 1. The summed E-state index contributed by atoms with van der Waals surface area (Å²) in [5, 5.41) is 2.12. The molecule has 0 fully saturated rings. The number of alkyl halides is 3. The molecule has 0 saturated carbocycles. The van der Waals surface area contributed by atoms with E-state index in [4.69, 9.17) is 0 Å². The van der Waals surface area contributed by atoms with Crippen molar-refractivity contribution >= 4 is 5.91 Å². The normalized spacial score (nSPS) is 13.2. The van der Waals surface area contributed by atoms with Gasteiger partial charge in [0.1, 0.15) is 5.82 Å². The first-order valence-electron chi connectivity index (χ1n) is 5.33. The zero-order valence-electron chi connectivity index (χ0n) is 9.94. The van der Waals surface area contributed by atoms with E-state index in [1.165, 1.54) is 32.0 Å². The summed E-state index contributed by atoms with van der Waals surface area (Å²) in [5.74, 6) is -1.55. The second kappa shape index (κ2) is 5.37. The lowest BCUT2D eigenvalue weighted by molar-refractivity contribution is -0.138. The third-order valence-electron chi connectivity index (χ3n) is 2.35. The standard InChI is InChI=1S/C12H13F4NO/c1-7-4-3-5-9(10(7)13)11(18)17-8(2)6-12(14,15)16/h3-5,8H,6H2,1-2H3,(H,17,18). The fourth-order valence-corrected chi connectivity index (χ4v) is 1.52. The largest absolute Gasteiger partial charge is 0.391 e. The van der Waals surface area contributed by atoms with E-state index in [9.17, 15) is 22.4 Å². The van der Waals surface area contributed by atoms with Gasteiger partial charge >= 0.3 is 6.18 Å². The summed E-state index contributed by atoms with van der Waals surface area (Å²) in [7, 11) is 0. The van der Waals surface area contributed by atoms with Crippen molar-refractivity contribution in [2.75, 3.05) is 0 Å². The van der Waals surface area contributed by atoms with Gasteiger partial charge in [0, 0.05) is 6.04 Å². The average molecular weight is 263 g/mol. The third kappa shape index (κ3) is 4.01. The summed E-state index contributed by atoms with van der Waals surface area (Å²) in [6.45, 7) is 2.70. The molecule has 1 rings (SSSR count). The van der Waals surface area contributed by atoms with Crippen molar-refractivity contribution in [1.82, 2.24) is 5.32 Å². The van der Waals surface area contributed by atoms with E-state index in [1.807, 2.05) is 0 Å². The van der Waals surface area contributed by atoms with Crippen molar-refractivity contribution in [3.05, 3.63) is 35.1 Å². The zero-order chi connectivity index (χ0) is 13.9. The van der Waals surface area contributed by atoms with Crippen LogP contribution in [0.2, 0.25) is 0 Å². The molecule has 100 valence electrons.